The van der Waals surface area contributed by atoms with Crippen LogP contribution in [0, 0.1) is 5.92 Å². The zero-order valence-corrected chi connectivity index (χ0v) is 15.9. The van der Waals surface area contributed by atoms with Crippen LogP contribution >= 0.6 is 0 Å². The first-order valence-electron chi connectivity index (χ1n) is 9.42. The monoisotopic (exact) mass is 375 g/mol. The van der Waals surface area contributed by atoms with E-state index < -0.39 is 24.1 Å². The van der Waals surface area contributed by atoms with E-state index in [1.165, 1.54) is 4.90 Å². The van der Waals surface area contributed by atoms with Crippen LogP contribution in [-0.2, 0) is 20.8 Å². The van der Waals surface area contributed by atoms with Gasteiger partial charge in [-0.25, -0.2) is 4.79 Å². The predicted molar refractivity (Wildman–Crippen MR) is 102 cm³/mol. The molecule has 0 spiro atoms. The molecular weight excluding hydrogens is 346 g/mol. The van der Waals surface area contributed by atoms with Crippen LogP contribution in [-0.4, -0.2) is 52.5 Å². The number of likely N-dealkylation sites (tertiary alicyclic amines) is 1. The molecule has 2 amide bonds. The van der Waals surface area contributed by atoms with Gasteiger partial charge in [-0.1, -0.05) is 44.2 Å². The fraction of sp³-hybridized carbons (Fsp3) is 0.550. The Morgan fingerprint density at radius 2 is 1.93 bits per heavy atom. The number of nitrogens with one attached hydrogen (secondary N) is 1. The first-order chi connectivity index (χ1) is 12.8. The second-order valence-electron chi connectivity index (χ2n) is 7.51. The maximum Gasteiger partial charge on any atom is 0.326 e. The number of rotatable bonds is 8. The summed E-state index contributed by atoms with van der Waals surface area (Å²) in [5.74, 6) is -1.51. The van der Waals surface area contributed by atoms with Gasteiger partial charge in [0, 0.05) is 13.0 Å². The topological polar surface area (TPSA) is 113 Å². The van der Waals surface area contributed by atoms with Gasteiger partial charge in [-0.2, -0.15) is 0 Å². The molecule has 1 aromatic rings. The lowest BCUT2D eigenvalue weighted by molar-refractivity contribution is -0.149. The summed E-state index contributed by atoms with van der Waals surface area (Å²) >= 11 is 0. The van der Waals surface area contributed by atoms with Crippen molar-refractivity contribution in [2.75, 3.05) is 6.54 Å². The van der Waals surface area contributed by atoms with E-state index in [4.69, 9.17) is 5.73 Å². The summed E-state index contributed by atoms with van der Waals surface area (Å²) in [6.45, 7) is 4.33. The van der Waals surface area contributed by atoms with Crippen molar-refractivity contribution < 1.29 is 19.5 Å². The molecular formula is C20H29N3O4. The number of hydrogen-bond acceptors (Lipinski definition) is 4. The van der Waals surface area contributed by atoms with Crippen LogP contribution in [0.1, 0.15) is 38.7 Å². The fourth-order valence-electron chi connectivity index (χ4n) is 3.43. The fourth-order valence-corrected chi connectivity index (χ4v) is 3.43. The van der Waals surface area contributed by atoms with Gasteiger partial charge in [-0.3, -0.25) is 9.59 Å². The number of nitrogens with two attached hydrogens (primary N) is 1. The molecule has 1 heterocycles. The van der Waals surface area contributed by atoms with E-state index in [9.17, 15) is 19.5 Å². The third-order valence-corrected chi connectivity index (χ3v) is 4.78. The number of carbonyl (C=O) groups is 3. The first-order valence-corrected chi connectivity index (χ1v) is 9.42. The highest BCUT2D eigenvalue weighted by molar-refractivity contribution is 5.92. The van der Waals surface area contributed by atoms with Gasteiger partial charge >= 0.3 is 5.97 Å². The number of carbonyl (C=O) groups excluding carboxylic acids is 2. The van der Waals surface area contributed by atoms with Crippen molar-refractivity contribution in [1.29, 1.82) is 0 Å². The molecule has 0 saturated carbocycles. The second-order valence-corrected chi connectivity index (χ2v) is 7.51. The van der Waals surface area contributed by atoms with Gasteiger partial charge in [0.05, 0.1) is 6.04 Å². The van der Waals surface area contributed by atoms with Crippen molar-refractivity contribution in [1.82, 2.24) is 10.2 Å². The second kappa shape index (κ2) is 9.50. The minimum atomic E-state index is -1.01. The number of carboxylic acid groups (broad SMARTS) is 1. The normalized spacial score (nSPS) is 19.0. The molecule has 4 N–H and O–H groups in total. The van der Waals surface area contributed by atoms with Gasteiger partial charge in [-0.15, -0.1) is 0 Å². The summed E-state index contributed by atoms with van der Waals surface area (Å²) in [4.78, 5) is 38.4. The van der Waals surface area contributed by atoms with Crippen LogP contribution in [0.25, 0.3) is 0 Å². The van der Waals surface area contributed by atoms with Crippen molar-refractivity contribution in [3.05, 3.63) is 35.9 Å². The van der Waals surface area contributed by atoms with E-state index in [1.54, 1.807) is 0 Å². The summed E-state index contributed by atoms with van der Waals surface area (Å²) in [6.07, 6.45) is 1.88. The molecule has 0 aliphatic carbocycles. The minimum Gasteiger partial charge on any atom is -0.480 e. The van der Waals surface area contributed by atoms with E-state index >= 15 is 0 Å². The van der Waals surface area contributed by atoms with Crippen molar-refractivity contribution in [3.8, 4) is 0 Å². The number of carboxylic acids is 1. The number of nitrogens with zero attached hydrogens (tertiary/aromatic N) is 1. The molecule has 0 bridgehead atoms. The highest BCUT2D eigenvalue weighted by Crippen LogP contribution is 2.20. The van der Waals surface area contributed by atoms with E-state index in [1.807, 2.05) is 44.2 Å². The van der Waals surface area contributed by atoms with Crippen LogP contribution in [0.2, 0.25) is 0 Å². The zero-order chi connectivity index (χ0) is 20.0. The molecule has 1 fully saturated rings. The lowest BCUT2D eigenvalue weighted by Crippen LogP contribution is -2.55. The Labute approximate surface area is 159 Å². The third-order valence-electron chi connectivity index (χ3n) is 4.78. The number of benzene rings is 1. The van der Waals surface area contributed by atoms with Gasteiger partial charge in [0.25, 0.3) is 0 Å². The molecule has 7 heteroatoms. The Morgan fingerprint density at radius 1 is 1.26 bits per heavy atom. The molecule has 1 aliphatic heterocycles. The lowest BCUT2D eigenvalue weighted by atomic mass is 10.0. The Bertz CT molecular complexity index is 662. The van der Waals surface area contributed by atoms with Gasteiger partial charge < -0.3 is 21.1 Å². The molecule has 2 rings (SSSR count). The van der Waals surface area contributed by atoms with E-state index in [0.717, 1.165) is 5.56 Å². The average molecular weight is 375 g/mol. The zero-order valence-electron chi connectivity index (χ0n) is 15.9. The highest BCUT2D eigenvalue weighted by Gasteiger charge is 2.38. The summed E-state index contributed by atoms with van der Waals surface area (Å²) in [5, 5.41) is 12.1. The molecule has 1 saturated heterocycles. The van der Waals surface area contributed by atoms with Crippen molar-refractivity contribution in [2.45, 2.75) is 57.7 Å². The molecule has 27 heavy (non-hydrogen) atoms. The smallest absolute Gasteiger partial charge is 0.326 e. The van der Waals surface area contributed by atoms with Crippen LogP contribution in [0.15, 0.2) is 30.3 Å². The average Bonchev–Trinajstić information content (AvgIpc) is 3.10. The van der Waals surface area contributed by atoms with Crippen molar-refractivity contribution >= 4 is 17.8 Å². The Hall–Kier alpha value is -2.41. The number of hydrogen-bond donors (Lipinski definition) is 3. The minimum absolute atomic E-state index is 0.254. The largest absolute Gasteiger partial charge is 0.480 e. The van der Waals surface area contributed by atoms with Crippen LogP contribution in [0.4, 0.5) is 0 Å². The Balaban J connectivity index is 2.17. The number of amides is 2. The summed E-state index contributed by atoms with van der Waals surface area (Å²) < 4.78 is 0. The van der Waals surface area contributed by atoms with Crippen LogP contribution in [0.5, 0.6) is 0 Å². The van der Waals surface area contributed by atoms with E-state index in [2.05, 4.69) is 5.32 Å². The lowest BCUT2D eigenvalue weighted by Gasteiger charge is -2.28. The Morgan fingerprint density at radius 3 is 2.52 bits per heavy atom. The van der Waals surface area contributed by atoms with E-state index in [-0.39, 0.29) is 17.7 Å². The first kappa shape index (κ1) is 20.9. The summed E-state index contributed by atoms with van der Waals surface area (Å²) in [5.41, 5.74) is 6.85. The van der Waals surface area contributed by atoms with Gasteiger partial charge in [-0.05, 0) is 30.7 Å². The molecule has 0 aromatic heterocycles. The maximum absolute atomic E-state index is 13.1. The van der Waals surface area contributed by atoms with Crippen LogP contribution in [0.3, 0.4) is 0 Å². The summed E-state index contributed by atoms with van der Waals surface area (Å²) in [7, 11) is 0. The maximum atomic E-state index is 13.1. The molecule has 3 unspecified atom stereocenters. The quantitative estimate of drug-likeness (QED) is 0.631. The predicted octanol–water partition coefficient (Wildman–Crippen LogP) is 1.16. The van der Waals surface area contributed by atoms with Gasteiger partial charge in [0.15, 0.2) is 0 Å². The van der Waals surface area contributed by atoms with Crippen LogP contribution < -0.4 is 11.1 Å². The molecule has 1 aromatic carbocycles. The van der Waals surface area contributed by atoms with Crippen molar-refractivity contribution in [2.24, 2.45) is 11.7 Å². The SMILES string of the molecule is CC(C)CC(N)C(=O)NC(Cc1ccccc1)C(=O)N1CCCC1C(=O)O. The number of aliphatic carboxylic acids is 1. The molecule has 7 nitrogen and oxygen atoms in total. The molecule has 0 radical (unpaired) electrons. The summed E-state index contributed by atoms with van der Waals surface area (Å²) in [6, 6.07) is 6.97. The standard InChI is InChI=1S/C20H29N3O4/c1-13(2)11-15(21)18(24)22-16(12-14-7-4-3-5-8-14)19(25)23-10-6-9-17(23)20(26)27/h3-5,7-8,13,15-17H,6,9-12,21H2,1-2H3,(H,22,24)(H,26,27). The van der Waals surface area contributed by atoms with Crippen molar-refractivity contribution in [3.63, 3.8) is 0 Å². The van der Waals surface area contributed by atoms with E-state index in [0.29, 0.717) is 32.2 Å². The molecule has 1 aliphatic rings. The highest BCUT2D eigenvalue weighted by atomic mass is 16.4. The van der Waals surface area contributed by atoms with Gasteiger partial charge in [0.1, 0.15) is 12.1 Å². The molecule has 3 atom stereocenters. The van der Waals surface area contributed by atoms with Gasteiger partial charge in [0.2, 0.25) is 11.8 Å². The molecule has 148 valence electrons. The Kier molecular flexibility index (Phi) is 7.36. The third kappa shape index (κ3) is 5.79.